The quantitative estimate of drug-likeness (QED) is 0.768. The van der Waals surface area contributed by atoms with E-state index < -0.39 is 5.76 Å². The number of fused-ring (bicyclic) bond motifs is 1. The van der Waals surface area contributed by atoms with Gasteiger partial charge in [0.1, 0.15) is 0 Å². The molecule has 0 aliphatic heterocycles. The lowest BCUT2D eigenvalue weighted by Crippen LogP contribution is -2.17. The third-order valence-electron chi connectivity index (χ3n) is 3.06. The van der Waals surface area contributed by atoms with Crippen molar-refractivity contribution < 1.29 is 4.42 Å². The van der Waals surface area contributed by atoms with Gasteiger partial charge in [-0.2, -0.15) is 0 Å². The maximum Gasteiger partial charge on any atom is 0.417 e. The van der Waals surface area contributed by atoms with Gasteiger partial charge in [0.05, 0.1) is 20.2 Å². The fourth-order valence-corrected chi connectivity index (χ4v) is 3.73. The van der Waals surface area contributed by atoms with E-state index in [1.165, 1.54) is 11.3 Å². The predicted octanol–water partition coefficient (Wildman–Crippen LogP) is 3.80. The Balaban J connectivity index is 2.11. The number of hydrogen-bond donors (Lipinski definition) is 2. The lowest BCUT2D eigenvalue weighted by molar-refractivity contribution is 0.554. The van der Waals surface area contributed by atoms with Crippen LogP contribution in [0.1, 0.15) is 17.2 Å². The van der Waals surface area contributed by atoms with Crippen LogP contribution in [0.2, 0.25) is 8.67 Å². The second-order valence-electron chi connectivity index (χ2n) is 4.27. The van der Waals surface area contributed by atoms with Gasteiger partial charge in [0.2, 0.25) is 0 Å². The standard InChI is InChI=1S/C13H10Cl2N2O2S/c1-16-11(7-5-10(14)20-12(7)15)6-2-3-8-9(4-6)19-13(18)17-8/h2-5,11,16H,1H3,(H,17,18). The number of aromatic nitrogens is 1. The maximum atomic E-state index is 11.2. The highest BCUT2D eigenvalue weighted by Crippen LogP contribution is 2.37. The molecule has 0 aliphatic rings. The van der Waals surface area contributed by atoms with Crippen LogP contribution in [-0.2, 0) is 0 Å². The van der Waals surface area contributed by atoms with Crippen molar-refractivity contribution in [2.75, 3.05) is 7.05 Å². The Bertz CT molecular complexity index is 821. The molecule has 1 aromatic carbocycles. The van der Waals surface area contributed by atoms with Crippen LogP contribution in [0.5, 0.6) is 0 Å². The molecule has 0 spiro atoms. The van der Waals surface area contributed by atoms with E-state index in [9.17, 15) is 4.79 Å². The van der Waals surface area contributed by atoms with E-state index in [1.54, 1.807) is 0 Å². The minimum atomic E-state index is -0.463. The molecule has 3 aromatic rings. The Labute approximate surface area is 128 Å². The molecule has 0 amide bonds. The van der Waals surface area contributed by atoms with E-state index in [4.69, 9.17) is 27.6 Å². The van der Waals surface area contributed by atoms with Gasteiger partial charge in [0.15, 0.2) is 5.58 Å². The number of oxazole rings is 1. The van der Waals surface area contributed by atoms with Gasteiger partial charge in [-0.3, -0.25) is 4.98 Å². The first-order chi connectivity index (χ1) is 9.58. The zero-order valence-electron chi connectivity index (χ0n) is 10.4. The van der Waals surface area contributed by atoms with Crippen LogP contribution in [0, 0.1) is 0 Å². The van der Waals surface area contributed by atoms with Crippen molar-refractivity contribution >= 4 is 45.6 Å². The van der Waals surface area contributed by atoms with Crippen LogP contribution < -0.4 is 11.1 Å². The summed E-state index contributed by atoms with van der Waals surface area (Å²) < 4.78 is 6.36. The highest BCUT2D eigenvalue weighted by molar-refractivity contribution is 7.20. The molecule has 0 bridgehead atoms. The van der Waals surface area contributed by atoms with Gasteiger partial charge in [-0.1, -0.05) is 29.3 Å². The van der Waals surface area contributed by atoms with E-state index in [2.05, 4.69) is 10.3 Å². The van der Waals surface area contributed by atoms with E-state index in [0.717, 1.165) is 11.1 Å². The maximum absolute atomic E-state index is 11.2. The average Bonchev–Trinajstić information content (AvgIpc) is 2.92. The molecule has 2 N–H and O–H groups in total. The summed E-state index contributed by atoms with van der Waals surface area (Å²) in [5.74, 6) is -0.463. The number of benzene rings is 1. The normalized spacial score (nSPS) is 12.9. The summed E-state index contributed by atoms with van der Waals surface area (Å²) >= 11 is 13.5. The molecule has 0 aliphatic carbocycles. The fraction of sp³-hybridized carbons (Fsp3) is 0.154. The third-order valence-corrected chi connectivity index (χ3v) is 4.58. The Hall–Kier alpha value is -1.27. The highest BCUT2D eigenvalue weighted by Gasteiger charge is 2.19. The molecule has 0 saturated heterocycles. The number of H-pyrrole nitrogens is 1. The van der Waals surface area contributed by atoms with Crippen molar-refractivity contribution in [1.82, 2.24) is 10.3 Å². The van der Waals surface area contributed by atoms with Crippen molar-refractivity contribution in [2.24, 2.45) is 0 Å². The second kappa shape index (κ2) is 5.26. The molecule has 1 atom stereocenters. The van der Waals surface area contributed by atoms with Crippen molar-refractivity contribution in [3.8, 4) is 0 Å². The van der Waals surface area contributed by atoms with Gasteiger partial charge in [0.25, 0.3) is 0 Å². The van der Waals surface area contributed by atoms with E-state index >= 15 is 0 Å². The van der Waals surface area contributed by atoms with Gasteiger partial charge < -0.3 is 9.73 Å². The summed E-state index contributed by atoms with van der Waals surface area (Å²) in [6.45, 7) is 0. The lowest BCUT2D eigenvalue weighted by Gasteiger charge is -2.16. The molecule has 0 fully saturated rings. The Kier molecular flexibility index (Phi) is 3.60. The number of aromatic amines is 1. The van der Waals surface area contributed by atoms with Crippen molar-refractivity contribution in [3.05, 3.63) is 54.6 Å². The van der Waals surface area contributed by atoms with Gasteiger partial charge in [-0.05, 0) is 30.8 Å². The van der Waals surface area contributed by atoms with Crippen LogP contribution in [0.4, 0.5) is 0 Å². The first kappa shape index (κ1) is 13.7. The summed E-state index contributed by atoms with van der Waals surface area (Å²) in [6, 6.07) is 7.26. The fourth-order valence-electron chi connectivity index (χ4n) is 2.19. The molecule has 104 valence electrons. The van der Waals surface area contributed by atoms with Crippen molar-refractivity contribution in [1.29, 1.82) is 0 Å². The van der Waals surface area contributed by atoms with Crippen molar-refractivity contribution in [3.63, 3.8) is 0 Å². The van der Waals surface area contributed by atoms with Crippen LogP contribution >= 0.6 is 34.5 Å². The molecule has 2 heterocycles. The summed E-state index contributed by atoms with van der Waals surface area (Å²) in [4.78, 5) is 13.8. The molecule has 2 aromatic heterocycles. The Morgan fingerprint density at radius 3 is 2.80 bits per heavy atom. The smallest absolute Gasteiger partial charge is 0.408 e. The van der Waals surface area contributed by atoms with Crippen molar-refractivity contribution in [2.45, 2.75) is 6.04 Å². The molecule has 1 unspecified atom stereocenters. The van der Waals surface area contributed by atoms with Gasteiger partial charge in [-0.15, -0.1) is 11.3 Å². The molecule has 0 saturated carbocycles. The zero-order chi connectivity index (χ0) is 14.3. The van der Waals surface area contributed by atoms with Crippen LogP contribution in [0.25, 0.3) is 11.1 Å². The van der Waals surface area contributed by atoms with Gasteiger partial charge in [-0.25, -0.2) is 4.79 Å². The predicted molar refractivity (Wildman–Crippen MR) is 82.1 cm³/mol. The van der Waals surface area contributed by atoms with Gasteiger partial charge >= 0.3 is 5.76 Å². The molecule has 3 rings (SSSR count). The topological polar surface area (TPSA) is 58.0 Å². The summed E-state index contributed by atoms with van der Waals surface area (Å²) in [5, 5.41) is 3.19. The summed E-state index contributed by atoms with van der Waals surface area (Å²) in [6.07, 6.45) is 0. The van der Waals surface area contributed by atoms with E-state index in [1.807, 2.05) is 31.3 Å². The molecular weight excluding hydrogens is 319 g/mol. The minimum Gasteiger partial charge on any atom is -0.408 e. The number of halogens is 2. The van der Waals surface area contributed by atoms with E-state index in [0.29, 0.717) is 19.8 Å². The van der Waals surface area contributed by atoms with Crippen LogP contribution in [0.15, 0.2) is 33.5 Å². The average molecular weight is 329 g/mol. The van der Waals surface area contributed by atoms with Crippen LogP contribution in [-0.4, -0.2) is 12.0 Å². The third kappa shape index (κ3) is 2.38. The first-order valence-corrected chi connectivity index (χ1v) is 7.40. The molecule has 20 heavy (non-hydrogen) atoms. The van der Waals surface area contributed by atoms with Gasteiger partial charge in [0, 0.05) is 5.56 Å². The zero-order valence-corrected chi connectivity index (χ0v) is 12.7. The summed E-state index contributed by atoms with van der Waals surface area (Å²) in [7, 11) is 1.84. The number of thiophene rings is 1. The Morgan fingerprint density at radius 1 is 1.35 bits per heavy atom. The Morgan fingerprint density at radius 2 is 2.15 bits per heavy atom. The molecule has 4 nitrogen and oxygen atoms in total. The SMILES string of the molecule is CNC(c1ccc2[nH]c(=O)oc2c1)c1cc(Cl)sc1Cl. The first-order valence-electron chi connectivity index (χ1n) is 5.83. The summed E-state index contributed by atoms with van der Waals surface area (Å²) in [5.41, 5.74) is 3.04. The molecular formula is C13H10Cl2N2O2S. The van der Waals surface area contributed by atoms with Crippen LogP contribution in [0.3, 0.4) is 0 Å². The largest absolute Gasteiger partial charge is 0.417 e. The molecule has 0 radical (unpaired) electrons. The molecule has 7 heteroatoms. The lowest BCUT2D eigenvalue weighted by atomic mass is 10.0. The minimum absolute atomic E-state index is 0.115. The highest BCUT2D eigenvalue weighted by atomic mass is 35.5. The monoisotopic (exact) mass is 328 g/mol. The second-order valence-corrected chi connectivity index (χ2v) is 6.56. The van der Waals surface area contributed by atoms with E-state index in [-0.39, 0.29) is 6.04 Å². The number of hydrogen-bond acceptors (Lipinski definition) is 4. The number of rotatable bonds is 3. The number of nitrogens with one attached hydrogen (secondary N) is 2.